The molecule has 44 heavy (non-hydrogen) atoms. The molecule has 0 spiro atoms. The third-order valence-corrected chi connectivity index (χ3v) is 9.19. The molecular formula is C44H28. The lowest BCUT2D eigenvalue weighted by Gasteiger charge is -2.20. The average molecular weight is 557 g/mol. The summed E-state index contributed by atoms with van der Waals surface area (Å²) >= 11 is 0. The van der Waals surface area contributed by atoms with Crippen LogP contribution >= 0.6 is 0 Å². The molecule has 0 N–H and O–H groups in total. The molecule has 0 amide bonds. The fraction of sp³-hybridized carbons (Fsp3) is 0. The molecule has 0 fully saturated rings. The molecule has 8 aromatic rings. The van der Waals surface area contributed by atoms with Crippen LogP contribution in [-0.4, -0.2) is 0 Å². The standard InChI is InChI=1S/C44H28/c1-5-16-29(17-6-1)37-28-38-42-35(39(37)30-18-7-2-8-19-30)26-15-27-36(42)43-40(31-20-9-3-10-21-31)33-24-13-14-25-34(33)41(44(38)43)32-22-11-4-12-23-32/h1-28H. The van der Waals surface area contributed by atoms with Crippen molar-refractivity contribution in [3.8, 4) is 66.8 Å². The lowest BCUT2D eigenvalue weighted by Crippen LogP contribution is -1.93. The van der Waals surface area contributed by atoms with Gasteiger partial charge in [0.25, 0.3) is 0 Å². The first-order valence-corrected chi connectivity index (χ1v) is 15.3. The first-order chi connectivity index (χ1) is 21.9. The van der Waals surface area contributed by atoms with Crippen LogP contribution in [-0.2, 0) is 0 Å². The van der Waals surface area contributed by atoms with Gasteiger partial charge in [-0.2, -0.15) is 0 Å². The number of rotatable bonds is 4. The maximum Gasteiger partial charge on any atom is -0.000719 e. The summed E-state index contributed by atoms with van der Waals surface area (Å²) in [6.07, 6.45) is 0. The first kappa shape index (κ1) is 24.8. The van der Waals surface area contributed by atoms with Gasteiger partial charge in [-0.3, -0.25) is 0 Å². The summed E-state index contributed by atoms with van der Waals surface area (Å²) in [7, 11) is 0. The summed E-state index contributed by atoms with van der Waals surface area (Å²) < 4.78 is 0. The van der Waals surface area contributed by atoms with Crippen LogP contribution in [0.2, 0.25) is 0 Å². The molecule has 204 valence electrons. The average Bonchev–Trinajstić information content (AvgIpc) is 3.43. The van der Waals surface area contributed by atoms with E-state index in [0.717, 1.165) is 0 Å². The lowest BCUT2D eigenvalue weighted by molar-refractivity contribution is 1.61. The zero-order chi connectivity index (χ0) is 29.0. The third-order valence-electron chi connectivity index (χ3n) is 9.19. The van der Waals surface area contributed by atoms with Gasteiger partial charge in [-0.25, -0.2) is 0 Å². The molecule has 0 unspecified atom stereocenters. The molecule has 0 bridgehead atoms. The summed E-state index contributed by atoms with van der Waals surface area (Å²) in [5, 5.41) is 5.20. The molecule has 9 rings (SSSR count). The second kappa shape index (κ2) is 9.93. The molecule has 8 aromatic carbocycles. The Balaban J connectivity index is 1.53. The Morgan fingerprint density at radius 3 is 1.16 bits per heavy atom. The Kier molecular flexibility index (Phi) is 5.61. The molecule has 0 saturated carbocycles. The van der Waals surface area contributed by atoms with Gasteiger partial charge in [0.1, 0.15) is 0 Å². The van der Waals surface area contributed by atoms with Crippen LogP contribution < -0.4 is 0 Å². The largest absolute Gasteiger partial charge is 0.0622 e. The Hall–Kier alpha value is -5.72. The van der Waals surface area contributed by atoms with Crippen LogP contribution in [0.25, 0.3) is 88.3 Å². The van der Waals surface area contributed by atoms with Gasteiger partial charge in [-0.1, -0.05) is 164 Å². The minimum Gasteiger partial charge on any atom is -0.0622 e. The van der Waals surface area contributed by atoms with Crippen molar-refractivity contribution in [2.45, 2.75) is 0 Å². The third kappa shape index (κ3) is 3.65. The van der Waals surface area contributed by atoms with Crippen molar-refractivity contribution in [1.82, 2.24) is 0 Å². The van der Waals surface area contributed by atoms with Crippen LogP contribution in [0.15, 0.2) is 170 Å². The van der Waals surface area contributed by atoms with Crippen LogP contribution in [0.1, 0.15) is 0 Å². The number of hydrogen-bond acceptors (Lipinski definition) is 0. The fourth-order valence-corrected chi connectivity index (χ4v) is 7.44. The Morgan fingerprint density at radius 1 is 0.227 bits per heavy atom. The summed E-state index contributed by atoms with van der Waals surface area (Å²) in [6, 6.07) is 62.1. The number of benzene rings is 8. The van der Waals surface area contributed by atoms with E-state index in [-0.39, 0.29) is 0 Å². The van der Waals surface area contributed by atoms with Crippen molar-refractivity contribution in [2.24, 2.45) is 0 Å². The quantitative estimate of drug-likeness (QED) is 0.202. The summed E-state index contributed by atoms with van der Waals surface area (Å²) in [5.74, 6) is 0. The highest BCUT2D eigenvalue weighted by Crippen LogP contribution is 2.59. The molecule has 0 aromatic heterocycles. The smallest absolute Gasteiger partial charge is 0.000719 e. The van der Waals surface area contributed by atoms with Crippen LogP contribution in [0.3, 0.4) is 0 Å². The summed E-state index contributed by atoms with van der Waals surface area (Å²) in [4.78, 5) is 0. The molecule has 0 heteroatoms. The van der Waals surface area contributed by atoms with E-state index in [4.69, 9.17) is 0 Å². The van der Waals surface area contributed by atoms with Gasteiger partial charge in [-0.15, -0.1) is 0 Å². The van der Waals surface area contributed by atoms with Crippen molar-refractivity contribution in [1.29, 1.82) is 0 Å². The maximum absolute atomic E-state index is 2.48. The van der Waals surface area contributed by atoms with Crippen LogP contribution in [0, 0.1) is 0 Å². The highest BCUT2D eigenvalue weighted by molar-refractivity contribution is 6.29. The molecule has 0 nitrogen and oxygen atoms in total. The predicted octanol–water partition coefficient (Wildman–Crippen LogP) is 12.3. The van der Waals surface area contributed by atoms with E-state index in [9.17, 15) is 0 Å². The molecular weight excluding hydrogens is 528 g/mol. The molecule has 0 atom stereocenters. The van der Waals surface area contributed by atoms with Gasteiger partial charge >= 0.3 is 0 Å². The Labute approximate surface area is 257 Å². The van der Waals surface area contributed by atoms with Crippen LogP contribution in [0.5, 0.6) is 0 Å². The van der Waals surface area contributed by atoms with Crippen LogP contribution in [0.4, 0.5) is 0 Å². The minimum absolute atomic E-state index is 1.23. The second-order valence-corrected chi connectivity index (χ2v) is 11.6. The minimum atomic E-state index is 1.23. The van der Waals surface area contributed by atoms with Gasteiger partial charge < -0.3 is 0 Å². The van der Waals surface area contributed by atoms with E-state index in [1.807, 2.05) is 0 Å². The lowest BCUT2D eigenvalue weighted by atomic mass is 9.82. The fourth-order valence-electron chi connectivity index (χ4n) is 7.44. The van der Waals surface area contributed by atoms with Gasteiger partial charge in [0, 0.05) is 0 Å². The SMILES string of the molecule is c1ccc(-c2cc3c4c(cccc4c2-c2ccccc2)-c2c-3c(-c3ccccc3)c3ccccc3c2-c2ccccc2)cc1. The monoisotopic (exact) mass is 556 g/mol. The van der Waals surface area contributed by atoms with Crippen molar-refractivity contribution >= 4 is 21.5 Å². The highest BCUT2D eigenvalue weighted by atomic mass is 14.3. The molecule has 0 radical (unpaired) electrons. The molecule has 0 heterocycles. The topological polar surface area (TPSA) is 0 Å². The van der Waals surface area contributed by atoms with Crippen molar-refractivity contribution in [3.05, 3.63) is 170 Å². The molecule has 0 saturated heterocycles. The summed E-state index contributed by atoms with van der Waals surface area (Å²) in [6.45, 7) is 0. The van der Waals surface area contributed by atoms with E-state index in [1.165, 1.54) is 88.3 Å². The van der Waals surface area contributed by atoms with Gasteiger partial charge in [0.15, 0.2) is 0 Å². The molecule has 0 aliphatic heterocycles. The zero-order valence-corrected chi connectivity index (χ0v) is 24.2. The summed E-state index contributed by atoms with van der Waals surface area (Å²) in [5.41, 5.74) is 15.4. The van der Waals surface area contributed by atoms with Crippen molar-refractivity contribution in [2.75, 3.05) is 0 Å². The van der Waals surface area contributed by atoms with E-state index >= 15 is 0 Å². The van der Waals surface area contributed by atoms with Crippen molar-refractivity contribution < 1.29 is 0 Å². The van der Waals surface area contributed by atoms with E-state index in [0.29, 0.717) is 0 Å². The van der Waals surface area contributed by atoms with E-state index in [2.05, 4.69) is 170 Å². The zero-order valence-electron chi connectivity index (χ0n) is 24.2. The first-order valence-electron chi connectivity index (χ1n) is 15.3. The number of fused-ring (bicyclic) bond motifs is 4. The maximum atomic E-state index is 2.48. The molecule has 1 aliphatic rings. The van der Waals surface area contributed by atoms with E-state index < -0.39 is 0 Å². The molecule has 1 aliphatic carbocycles. The highest BCUT2D eigenvalue weighted by Gasteiger charge is 2.32. The number of hydrogen-bond donors (Lipinski definition) is 0. The van der Waals surface area contributed by atoms with Crippen molar-refractivity contribution in [3.63, 3.8) is 0 Å². The van der Waals surface area contributed by atoms with Gasteiger partial charge in [0.05, 0.1) is 0 Å². The predicted molar refractivity (Wildman–Crippen MR) is 188 cm³/mol. The Morgan fingerprint density at radius 2 is 0.636 bits per heavy atom. The normalized spacial score (nSPS) is 11.6. The second-order valence-electron chi connectivity index (χ2n) is 11.6. The Bertz CT molecular complexity index is 2330. The van der Waals surface area contributed by atoms with Gasteiger partial charge in [0.2, 0.25) is 0 Å². The van der Waals surface area contributed by atoms with E-state index in [1.54, 1.807) is 0 Å². The van der Waals surface area contributed by atoms with Gasteiger partial charge in [-0.05, 0) is 94.4 Å².